The molecule has 0 saturated carbocycles. The molecule has 0 fully saturated rings. The Balaban J connectivity index is 1.42. The number of esters is 1. The Bertz CT molecular complexity index is 1440. The van der Waals surface area contributed by atoms with E-state index in [1.807, 2.05) is 4.72 Å². The smallest absolute Gasteiger partial charge is 0.306 e. The summed E-state index contributed by atoms with van der Waals surface area (Å²) in [7, 11) is -4.22. The number of nitrogens with zero attached hydrogens (tertiary/aromatic N) is 1. The molecule has 2 N–H and O–H groups in total. The van der Waals surface area contributed by atoms with Gasteiger partial charge in [-0.2, -0.15) is 0 Å². The van der Waals surface area contributed by atoms with E-state index < -0.39 is 21.8 Å². The normalized spacial score (nSPS) is 11.1. The van der Waals surface area contributed by atoms with Crippen LogP contribution in [0.25, 0.3) is 0 Å². The largest absolute Gasteiger partial charge is 0.459 e. The van der Waals surface area contributed by atoms with Crippen molar-refractivity contribution < 1.29 is 31.9 Å². The van der Waals surface area contributed by atoms with E-state index in [4.69, 9.17) is 4.74 Å². The number of sulfonamides is 1. The topological polar surface area (TPSA) is 132 Å². The Hall–Kier alpha value is -4.12. The van der Waals surface area contributed by atoms with Crippen LogP contribution in [0.3, 0.4) is 0 Å². The molecule has 0 aliphatic heterocycles. The molecule has 11 heteroatoms. The Morgan fingerprint density at radius 2 is 1.47 bits per heavy atom. The minimum absolute atomic E-state index is 0.0128. The van der Waals surface area contributed by atoms with Gasteiger partial charge in [-0.15, -0.1) is 0 Å². The molecule has 9 nitrogen and oxygen atoms in total. The minimum atomic E-state index is -4.22. The first-order valence-corrected chi connectivity index (χ1v) is 16.0. The fourth-order valence-corrected chi connectivity index (χ4v) is 5.17. The van der Waals surface area contributed by atoms with E-state index >= 15 is 0 Å². The van der Waals surface area contributed by atoms with Gasteiger partial charge in [0.2, 0.25) is 0 Å². The van der Waals surface area contributed by atoms with Crippen molar-refractivity contribution in [3.8, 4) is 0 Å². The van der Waals surface area contributed by atoms with E-state index in [0.29, 0.717) is 25.1 Å². The summed E-state index contributed by atoms with van der Waals surface area (Å²) in [6.45, 7) is 2.45. The van der Waals surface area contributed by atoms with Crippen molar-refractivity contribution in [3.63, 3.8) is 0 Å². The van der Waals surface area contributed by atoms with Gasteiger partial charge in [0.05, 0.1) is 16.2 Å². The Kier molecular flexibility index (Phi) is 13.3. The standard InChI is InChI=1S/C32H38FN3O6S/c1-2-3-4-5-6-7-8-9-30(37)42-23-28-17-12-26(22-35-28)32(39)36-43(40,41)29-18-13-25(14-19-29)31(38)34-21-20-24-10-15-27(33)16-11-24/h10-19,22H,2-9,20-21,23H2,1H3,(H,34,38)(H,36,39). The average Bonchev–Trinajstić information content (AvgIpc) is 3.00. The third kappa shape index (κ3) is 11.6. The maximum atomic E-state index is 13.0. The predicted octanol–water partition coefficient (Wildman–Crippen LogP) is 5.50. The van der Waals surface area contributed by atoms with Crippen molar-refractivity contribution >= 4 is 27.8 Å². The summed E-state index contributed by atoms with van der Waals surface area (Å²) in [6.07, 6.45) is 9.78. The van der Waals surface area contributed by atoms with Gasteiger partial charge in [0.15, 0.2) is 0 Å². The molecule has 2 aromatic carbocycles. The Morgan fingerprint density at radius 3 is 2.12 bits per heavy atom. The lowest BCUT2D eigenvalue weighted by molar-refractivity contribution is -0.145. The van der Waals surface area contributed by atoms with Gasteiger partial charge in [-0.25, -0.2) is 17.5 Å². The van der Waals surface area contributed by atoms with E-state index in [0.717, 1.165) is 24.8 Å². The third-order valence-corrected chi connectivity index (χ3v) is 8.07. The second kappa shape index (κ2) is 17.1. The van der Waals surface area contributed by atoms with Crippen LogP contribution in [0.15, 0.2) is 71.8 Å². The summed E-state index contributed by atoms with van der Waals surface area (Å²) in [6, 6.07) is 14.0. The number of hydrogen-bond donors (Lipinski definition) is 2. The van der Waals surface area contributed by atoms with Gasteiger partial charge in [0.25, 0.3) is 21.8 Å². The highest BCUT2D eigenvalue weighted by atomic mass is 32.2. The summed E-state index contributed by atoms with van der Waals surface area (Å²) in [4.78, 5) is 40.8. The van der Waals surface area contributed by atoms with Gasteiger partial charge >= 0.3 is 5.97 Å². The van der Waals surface area contributed by atoms with Crippen LogP contribution < -0.4 is 10.0 Å². The molecule has 0 unspecified atom stereocenters. The van der Waals surface area contributed by atoms with Gasteiger partial charge in [-0.3, -0.25) is 19.4 Å². The molecule has 0 atom stereocenters. The number of carbonyl (C=O) groups is 3. The van der Waals surface area contributed by atoms with Crippen molar-refractivity contribution in [1.82, 2.24) is 15.0 Å². The summed E-state index contributed by atoms with van der Waals surface area (Å²) in [5.74, 6) is -1.92. The van der Waals surface area contributed by atoms with E-state index in [1.165, 1.54) is 80.4 Å². The maximum Gasteiger partial charge on any atom is 0.306 e. The van der Waals surface area contributed by atoms with Crippen LogP contribution in [0.1, 0.15) is 90.3 Å². The van der Waals surface area contributed by atoms with Crippen LogP contribution in [0.4, 0.5) is 4.39 Å². The molecule has 0 bridgehead atoms. The number of unbranched alkanes of at least 4 members (excludes halogenated alkanes) is 6. The zero-order valence-electron chi connectivity index (χ0n) is 24.3. The van der Waals surface area contributed by atoms with Gasteiger partial charge < -0.3 is 10.1 Å². The third-order valence-electron chi connectivity index (χ3n) is 6.72. The van der Waals surface area contributed by atoms with Crippen molar-refractivity contribution in [1.29, 1.82) is 0 Å². The summed E-state index contributed by atoms with van der Waals surface area (Å²) in [5, 5.41) is 2.73. The monoisotopic (exact) mass is 611 g/mol. The van der Waals surface area contributed by atoms with Crippen molar-refractivity contribution in [2.24, 2.45) is 0 Å². The van der Waals surface area contributed by atoms with E-state index in [9.17, 15) is 27.2 Å². The van der Waals surface area contributed by atoms with Crippen LogP contribution in [-0.4, -0.2) is 37.7 Å². The number of amides is 2. The lowest BCUT2D eigenvalue weighted by Crippen LogP contribution is -2.31. The fraction of sp³-hybridized carbons (Fsp3) is 0.375. The first-order valence-electron chi connectivity index (χ1n) is 14.5. The summed E-state index contributed by atoms with van der Waals surface area (Å²) in [5.41, 5.74) is 1.55. The van der Waals surface area contributed by atoms with E-state index in [1.54, 1.807) is 12.1 Å². The second-order valence-electron chi connectivity index (χ2n) is 10.2. The van der Waals surface area contributed by atoms with Gasteiger partial charge in [0, 0.05) is 24.7 Å². The number of ether oxygens (including phenoxy) is 1. The minimum Gasteiger partial charge on any atom is -0.459 e. The molecule has 0 spiro atoms. The SMILES string of the molecule is CCCCCCCCCC(=O)OCc1ccc(C(=O)NS(=O)(=O)c2ccc(C(=O)NCCc3ccc(F)cc3)cc2)cn1. The molecule has 0 aliphatic rings. The maximum absolute atomic E-state index is 13.0. The number of hydrogen-bond acceptors (Lipinski definition) is 7. The van der Waals surface area contributed by atoms with Gasteiger partial charge in [-0.1, -0.05) is 57.6 Å². The van der Waals surface area contributed by atoms with Crippen LogP contribution in [-0.2, 0) is 32.6 Å². The van der Waals surface area contributed by atoms with E-state index in [-0.39, 0.29) is 34.4 Å². The van der Waals surface area contributed by atoms with Crippen LogP contribution in [0.2, 0.25) is 0 Å². The number of rotatable bonds is 17. The van der Waals surface area contributed by atoms with Crippen molar-refractivity contribution in [2.75, 3.05) is 6.54 Å². The molecule has 0 saturated heterocycles. The molecule has 3 aromatic rings. The lowest BCUT2D eigenvalue weighted by Gasteiger charge is -2.09. The average molecular weight is 612 g/mol. The molecule has 1 heterocycles. The number of benzene rings is 2. The first-order chi connectivity index (χ1) is 20.7. The first kappa shape index (κ1) is 33.4. The van der Waals surface area contributed by atoms with E-state index in [2.05, 4.69) is 17.2 Å². The molecule has 43 heavy (non-hydrogen) atoms. The van der Waals surface area contributed by atoms with Gasteiger partial charge in [0.1, 0.15) is 12.4 Å². The molecule has 3 rings (SSSR count). The summed E-state index contributed by atoms with van der Waals surface area (Å²) < 4.78 is 45.7. The van der Waals surface area contributed by atoms with Crippen LogP contribution >= 0.6 is 0 Å². The second-order valence-corrected chi connectivity index (χ2v) is 11.8. The molecule has 2 amide bonds. The predicted molar refractivity (Wildman–Crippen MR) is 160 cm³/mol. The van der Waals surface area contributed by atoms with Gasteiger partial charge in [-0.05, 0) is 66.9 Å². The molecule has 1 aromatic heterocycles. The van der Waals surface area contributed by atoms with Crippen LogP contribution in [0.5, 0.6) is 0 Å². The molecule has 230 valence electrons. The molecular weight excluding hydrogens is 573 g/mol. The lowest BCUT2D eigenvalue weighted by atomic mass is 10.1. The zero-order valence-corrected chi connectivity index (χ0v) is 25.1. The number of pyridine rings is 1. The molecule has 0 aliphatic carbocycles. The number of halogens is 1. The van der Waals surface area contributed by atoms with Crippen molar-refractivity contribution in [2.45, 2.75) is 76.2 Å². The number of nitrogens with one attached hydrogen (secondary N) is 2. The Labute approximate surface area is 252 Å². The number of aromatic nitrogens is 1. The highest BCUT2D eigenvalue weighted by Gasteiger charge is 2.20. The number of carbonyl (C=O) groups excluding carboxylic acids is 3. The molecular formula is C32H38FN3O6S. The van der Waals surface area contributed by atoms with Crippen LogP contribution in [0, 0.1) is 5.82 Å². The summed E-state index contributed by atoms with van der Waals surface area (Å²) >= 11 is 0. The van der Waals surface area contributed by atoms with Crippen molar-refractivity contribution in [3.05, 3.63) is 95.1 Å². The highest BCUT2D eigenvalue weighted by molar-refractivity contribution is 7.90. The molecule has 0 radical (unpaired) electrons. The highest BCUT2D eigenvalue weighted by Crippen LogP contribution is 2.13. The quantitative estimate of drug-likeness (QED) is 0.152. The Morgan fingerprint density at radius 1 is 0.814 bits per heavy atom. The fourth-order valence-electron chi connectivity index (χ4n) is 4.20. The zero-order chi connectivity index (χ0) is 31.1.